The van der Waals surface area contributed by atoms with Gasteiger partial charge in [0.05, 0.1) is 0 Å². The molecule has 0 aromatic rings. The Morgan fingerprint density at radius 2 is 1.50 bits per heavy atom. The summed E-state index contributed by atoms with van der Waals surface area (Å²) in [6.45, 7) is 0. The van der Waals surface area contributed by atoms with Gasteiger partial charge in [0.15, 0.2) is 0 Å². The van der Waals surface area contributed by atoms with Crippen LogP contribution in [0.4, 0.5) is 0 Å². The molecule has 0 fully saturated rings. The van der Waals surface area contributed by atoms with Gasteiger partial charge in [0, 0.05) is 0 Å². The molecule has 0 aliphatic heterocycles. The molecule has 0 spiro atoms. The minimum atomic E-state index is -1.69. The summed E-state index contributed by atoms with van der Waals surface area (Å²) in [5, 5.41) is 0. The summed E-state index contributed by atoms with van der Waals surface area (Å²) in [6.07, 6.45) is 0. The summed E-state index contributed by atoms with van der Waals surface area (Å²) in [6, 6.07) is 0. The fourth-order valence-electron chi connectivity index (χ4n) is 0. The van der Waals surface area contributed by atoms with E-state index in [1.807, 2.05) is 18.0 Å². The molecule has 0 N–H and O–H groups in total. The topological polar surface area (TPSA) is 3.24 Å². The summed E-state index contributed by atoms with van der Waals surface area (Å²) in [4.78, 5) is 0. The van der Waals surface area contributed by atoms with Crippen molar-refractivity contribution < 1.29 is 0 Å². The fraction of sp³-hybridized carbons (Fsp3) is 1.00. The summed E-state index contributed by atoms with van der Waals surface area (Å²) >= 11 is -1.69. The van der Waals surface area contributed by atoms with Gasteiger partial charge in [-0.25, -0.2) is 0 Å². The first kappa shape index (κ1) is 7.08. The van der Waals surface area contributed by atoms with Crippen LogP contribution >= 0.6 is 20.0 Å². The Morgan fingerprint density at radius 1 is 1.33 bits per heavy atom. The molecular formula is C2H6Cl2GeN. The first-order valence-corrected chi connectivity index (χ1v) is 7.95. The molecule has 0 amide bonds. The molecular weight excluding hydrogens is 182 g/mol. The predicted octanol–water partition coefficient (Wildman–Crippen LogP) is 1.01. The fourth-order valence-corrected chi connectivity index (χ4v) is 0. The van der Waals surface area contributed by atoms with E-state index in [1.54, 1.807) is 0 Å². The van der Waals surface area contributed by atoms with Crippen LogP contribution in [0.3, 0.4) is 0 Å². The summed E-state index contributed by atoms with van der Waals surface area (Å²) in [5.41, 5.74) is 0. The molecule has 0 saturated carbocycles. The second kappa shape index (κ2) is 3.13. The molecule has 0 aromatic carbocycles. The molecule has 0 atom stereocenters. The van der Waals surface area contributed by atoms with Gasteiger partial charge in [0.25, 0.3) is 0 Å². The molecule has 4 heteroatoms. The first-order valence-electron chi connectivity index (χ1n) is 1.50. The second-order valence-electron chi connectivity index (χ2n) is 1.13. The Hall–Kier alpha value is 1.08. The van der Waals surface area contributed by atoms with Crippen molar-refractivity contribution in [2.45, 2.75) is 0 Å². The Labute approximate surface area is 50.9 Å². The van der Waals surface area contributed by atoms with Crippen molar-refractivity contribution in [3.8, 4) is 0 Å². The zero-order chi connectivity index (χ0) is 5.15. The number of hydrogen-bond donors (Lipinski definition) is 0. The maximum atomic E-state index is 5.47. The van der Waals surface area contributed by atoms with Crippen molar-refractivity contribution in [3.05, 3.63) is 0 Å². The molecule has 37 valence electrons. The van der Waals surface area contributed by atoms with Gasteiger partial charge in [-0.2, -0.15) is 0 Å². The van der Waals surface area contributed by atoms with E-state index in [9.17, 15) is 0 Å². The monoisotopic (exact) mass is 188 g/mol. The van der Waals surface area contributed by atoms with E-state index in [1.165, 1.54) is 0 Å². The SMILES string of the molecule is C[N](C)[Ge]([Cl])[Cl]. The molecule has 6 heavy (non-hydrogen) atoms. The van der Waals surface area contributed by atoms with Crippen molar-refractivity contribution in [1.82, 2.24) is 3.86 Å². The molecule has 0 aromatic heterocycles. The van der Waals surface area contributed by atoms with E-state index >= 15 is 0 Å². The van der Waals surface area contributed by atoms with Crippen molar-refractivity contribution >= 4 is 32.7 Å². The van der Waals surface area contributed by atoms with Gasteiger partial charge >= 0.3 is 50.7 Å². The summed E-state index contributed by atoms with van der Waals surface area (Å²) < 4.78 is 1.86. The van der Waals surface area contributed by atoms with Crippen molar-refractivity contribution in [2.75, 3.05) is 14.1 Å². The standard InChI is InChI=1S/C2H6Cl2GeN/c1-6(2)5(3)4/h1-2H3. The quantitative estimate of drug-likeness (QED) is 0.554. The van der Waals surface area contributed by atoms with Gasteiger partial charge in [0.1, 0.15) is 0 Å². The Kier molecular flexibility index (Phi) is 3.70. The maximum absolute atomic E-state index is 5.47. The average Bonchev–Trinajstić information content (AvgIpc) is 1.36. The predicted molar refractivity (Wildman–Crippen MR) is 31.1 cm³/mol. The molecule has 1 radical (unpaired) electrons. The average molecular weight is 188 g/mol. The van der Waals surface area contributed by atoms with E-state index in [0.29, 0.717) is 0 Å². The Morgan fingerprint density at radius 3 is 1.50 bits per heavy atom. The van der Waals surface area contributed by atoms with Crippen molar-refractivity contribution in [1.29, 1.82) is 0 Å². The van der Waals surface area contributed by atoms with E-state index in [2.05, 4.69) is 0 Å². The van der Waals surface area contributed by atoms with Gasteiger partial charge in [-0.15, -0.1) is 0 Å². The molecule has 0 rings (SSSR count). The number of halogens is 2. The molecule has 0 saturated heterocycles. The molecule has 1 nitrogen and oxygen atoms in total. The van der Waals surface area contributed by atoms with Crippen LogP contribution in [0.5, 0.6) is 0 Å². The van der Waals surface area contributed by atoms with Gasteiger partial charge in [-0.3, -0.25) is 0 Å². The Balaban J connectivity index is 2.99. The van der Waals surface area contributed by atoms with Crippen LogP contribution in [0.15, 0.2) is 0 Å². The van der Waals surface area contributed by atoms with E-state index in [-0.39, 0.29) is 0 Å². The van der Waals surface area contributed by atoms with Crippen LogP contribution in [0.2, 0.25) is 0 Å². The third-order valence-corrected chi connectivity index (χ3v) is 5.27. The zero-order valence-corrected chi connectivity index (χ0v) is 7.31. The number of rotatable bonds is 1. The van der Waals surface area contributed by atoms with Gasteiger partial charge in [-0.05, 0) is 0 Å². The Bertz CT molecular complexity index is 32.5. The van der Waals surface area contributed by atoms with Gasteiger partial charge < -0.3 is 0 Å². The number of hydrogen-bond acceptors (Lipinski definition) is 1. The van der Waals surface area contributed by atoms with Crippen LogP contribution in [-0.2, 0) is 0 Å². The normalized spacial score (nSPS) is 11.0. The van der Waals surface area contributed by atoms with E-state index < -0.39 is 12.7 Å². The zero-order valence-electron chi connectivity index (χ0n) is 3.70. The van der Waals surface area contributed by atoms with Crippen LogP contribution in [0.25, 0.3) is 0 Å². The third-order valence-electron chi connectivity index (χ3n) is 0.338. The van der Waals surface area contributed by atoms with Crippen LogP contribution in [0.1, 0.15) is 0 Å². The van der Waals surface area contributed by atoms with Crippen LogP contribution < -0.4 is 0 Å². The first-order chi connectivity index (χ1) is 2.64. The number of nitrogens with zero attached hydrogens (tertiary/aromatic N) is 1. The second-order valence-corrected chi connectivity index (χ2v) is 8.75. The van der Waals surface area contributed by atoms with Crippen molar-refractivity contribution in [2.24, 2.45) is 0 Å². The molecule has 0 bridgehead atoms. The van der Waals surface area contributed by atoms with Crippen molar-refractivity contribution in [3.63, 3.8) is 0 Å². The van der Waals surface area contributed by atoms with Gasteiger partial charge in [-0.1, -0.05) is 0 Å². The summed E-state index contributed by atoms with van der Waals surface area (Å²) in [7, 11) is 14.7. The van der Waals surface area contributed by atoms with Crippen LogP contribution in [-0.4, -0.2) is 30.7 Å². The third kappa shape index (κ3) is 3.28. The molecule has 0 aliphatic carbocycles. The summed E-state index contributed by atoms with van der Waals surface area (Å²) in [5.74, 6) is 0. The van der Waals surface area contributed by atoms with E-state index in [0.717, 1.165) is 0 Å². The molecule has 0 unspecified atom stereocenters. The van der Waals surface area contributed by atoms with Gasteiger partial charge in [0.2, 0.25) is 0 Å². The molecule has 0 heterocycles. The minimum absolute atomic E-state index is 1.69. The molecule has 0 aliphatic rings. The van der Waals surface area contributed by atoms with Crippen LogP contribution in [0, 0.1) is 0 Å². The van der Waals surface area contributed by atoms with E-state index in [4.69, 9.17) is 20.0 Å².